The number of carbonyl (C=O) groups excluding carboxylic acids is 4. The predicted molar refractivity (Wildman–Crippen MR) is 406 cm³/mol. The number of benzene rings is 5. The van der Waals surface area contributed by atoms with Gasteiger partial charge < -0.3 is 88.0 Å². The van der Waals surface area contributed by atoms with Crippen LogP contribution in [0.3, 0.4) is 0 Å². The van der Waals surface area contributed by atoms with Gasteiger partial charge in [0.05, 0.1) is 55.1 Å². The van der Waals surface area contributed by atoms with E-state index in [1.165, 1.54) is 51.6 Å². The minimum absolute atomic E-state index is 0.0189. The second kappa shape index (κ2) is 25.4. The molecule has 5 aromatic carbocycles. The fourth-order valence-electron chi connectivity index (χ4n) is 22.5. The first-order valence-electron chi connectivity index (χ1n) is 38.2. The SMILES string of the molecule is COC1=C(O)C2C(C=C1C)CC1(O)CN(C)[C@@H]2[C@@H]2[C@@H]3SC[C@]4(N[C@@H](CN)Cc5c4[nH]c4cccc(C6Oc7c(C)c(OC(C)=O)c8c(c7O6)C6COC(=O)[C@]7(CS[C@H]8[C@H]8C9c%10c(cc(C)c(OC)c%10O)CC(O)(CN9C)N68)N[C@H](CO)Cc6c7oc7ccccc67)c54)C(=O)OCC(c4c5c(c(C)c(OC(C)=O)c43)OCO5)N21. The summed E-state index contributed by atoms with van der Waals surface area (Å²) in [5.74, 6) is -0.992. The fraction of sp³-hybridized carbons (Fsp3) is 0.488. The number of methoxy groups -OCH3 is 2. The predicted octanol–water partition coefficient (Wildman–Crippen LogP) is 7.43. The molecule has 112 heavy (non-hydrogen) atoms. The number of nitrogens with zero attached hydrogens (tertiary/aromatic N) is 4. The molecular weight excluding hydrogens is 1480 g/mol. The molecule has 2 aromatic heterocycles. The first-order valence-corrected chi connectivity index (χ1v) is 40.3. The number of phenolic OH excluding ortho intramolecular Hbond substituents is 1. The number of rotatable bonds is 7. The van der Waals surface area contributed by atoms with Crippen LogP contribution in [-0.4, -0.2) is 202 Å². The molecule has 17 aliphatic rings. The Labute approximate surface area is 652 Å². The zero-order valence-corrected chi connectivity index (χ0v) is 65.1. The number of nitrogens with two attached hydrogens (primary N) is 1. The number of thioether (sulfide) groups is 2. The van der Waals surface area contributed by atoms with Crippen molar-refractivity contribution < 1.29 is 96.5 Å². The first kappa shape index (κ1) is 72.2. The van der Waals surface area contributed by atoms with Gasteiger partial charge in [0, 0.05) is 154 Å². The van der Waals surface area contributed by atoms with Crippen molar-refractivity contribution in [2.24, 2.45) is 17.6 Å². The average molecular weight is 1570 g/mol. The van der Waals surface area contributed by atoms with Crippen LogP contribution in [0, 0.1) is 32.6 Å². The van der Waals surface area contributed by atoms with Crippen LogP contribution < -0.4 is 49.5 Å². The van der Waals surface area contributed by atoms with Gasteiger partial charge in [-0.05, 0) is 101 Å². The number of likely N-dealkylation sites (N-methyl/N-ethyl adjacent to an activating group) is 2. The van der Waals surface area contributed by atoms with Crippen LogP contribution in [0.2, 0.25) is 0 Å². The van der Waals surface area contributed by atoms with Crippen molar-refractivity contribution in [2.75, 3.05) is 86.1 Å². The molecule has 16 aliphatic heterocycles. The number of H-pyrrole nitrogens is 1. The van der Waals surface area contributed by atoms with Crippen molar-refractivity contribution in [3.05, 3.63) is 150 Å². The van der Waals surface area contributed by atoms with E-state index in [1.807, 2.05) is 93.2 Å². The number of ether oxygens (including phenoxy) is 10. The lowest BCUT2D eigenvalue weighted by molar-refractivity contribution is -0.215. The molecule has 8 bridgehead atoms. The van der Waals surface area contributed by atoms with E-state index >= 15 is 9.59 Å². The van der Waals surface area contributed by atoms with Gasteiger partial charge in [-0.15, -0.1) is 23.5 Å². The largest absolute Gasteiger partial charge is 0.508 e. The summed E-state index contributed by atoms with van der Waals surface area (Å²) in [4.78, 5) is 72.0. The molecule has 2 spiro atoms. The number of aromatic amines is 1. The topological polar surface area (TPSA) is 354 Å². The van der Waals surface area contributed by atoms with Crippen molar-refractivity contribution in [1.29, 1.82) is 0 Å². The third-order valence-electron chi connectivity index (χ3n) is 26.4. The molecule has 24 rings (SSSR count). The van der Waals surface area contributed by atoms with Gasteiger partial charge in [-0.1, -0.05) is 42.5 Å². The minimum atomic E-state index is -1.76. The number of aromatic nitrogens is 1. The molecule has 0 amide bonds. The summed E-state index contributed by atoms with van der Waals surface area (Å²) < 4.78 is 72.9. The normalized spacial score (nSPS) is 34.3. The maximum Gasteiger partial charge on any atom is 0.335 e. The van der Waals surface area contributed by atoms with Crippen molar-refractivity contribution >= 4 is 69.3 Å². The maximum atomic E-state index is 16.4. The lowest BCUT2D eigenvalue weighted by Crippen LogP contribution is -2.72. The number of aryl methyl sites for hydroxylation is 1. The van der Waals surface area contributed by atoms with E-state index in [0.29, 0.717) is 114 Å². The van der Waals surface area contributed by atoms with Gasteiger partial charge in [0.15, 0.2) is 51.3 Å². The number of fused-ring (bicyclic) bond motifs is 16. The molecule has 0 saturated carbocycles. The first-order chi connectivity index (χ1) is 53.8. The Balaban J connectivity index is 0.747. The van der Waals surface area contributed by atoms with Crippen LogP contribution in [0.15, 0.2) is 76.1 Å². The quantitative estimate of drug-likeness (QED) is 0.0553. The number of aromatic hydroxyl groups is 1. The highest BCUT2D eigenvalue weighted by atomic mass is 32.2. The Hall–Kier alpha value is -8.76. The molecule has 7 aromatic rings. The minimum Gasteiger partial charge on any atom is -0.508 e. The van der Waals surface area contributed by atoms with Crippen molar-refractivity contribution in [3.8, 4) is 46.0 Å². The van der Waals surface area contributed by atoms with Crippen LogP contribution >= 0.6 is 23.5 Å². The highest BCUT2D eigenvalue weighted by Gasteiger charge is 2.69. The third-order valence-corrected chi connectivity index (χ3v) is 29.4. The summed E-state index contributed by atoms with van der Waals surface area (Å²) in [7, 11) is 6.91. The zero-order valence-electron chi connectivity index (χ0n) is 63.4. The third kappa shape index (κ3) is 9.80. The molecule has 28 nitrogen and oxygen atoms in total. The Morgan fingerprint density at radius 1 is 0.705 bits per heavy atom. The van der Waals surface area contributed by atoms with Crippen LogP contribution in [0.4, 0.5) is 0 Å². The summed E-state index contributed by atoms with van der Waals surface area (Å²) in [5.41, 5.74) is 9.46. The summed E-state index contributed by atoms with van der Waals surface area (Å²) in [6.45, 7) is 9.12. The maximum absolute atomic E-state index is 16.4. The van der Waals surface area contributed by atoms with Gasteiger partial charge in [-0.2, -0.15) is 0 Å². The highest BCUT2D eigenvalue weighted by Crippen LogP contribution is 2.69. The number of para-hydroxylation sites is 1. The van der Waals surface area contributed by atoms with Crippen LogP contribution in [-0.2, 0) is 63.7 Å². The van der Waals surface area contributed by atoms with Crippen molar-refractivity contribution in [1.82, 2.24) is 35.2 Å². The molecule has 588 valence electrons. The second-order valence-corrected chi connectivity index (χ2v) is 35.0. The molecule has 6 fully saturated rings. The van der Waals surface area contributed by atoms with Crippen molar-refractivity contribution in [3.63, 3.8) is 0 Å². The molecule has 10 unspecified atom stereocenters. The Bertz CT molecular complexity index is 5370. The van der Waals surface area contributed by atoms with Gasteiger partial charge in [-0.3, -0.25) is 39.8 Å². The van der Waals surface area contributed by atoms with Gasteiger partial charge in [0.2, 0.25) is 6.79 Å². The Morgan fingerprint density at radius 2 is 1.35 bits per heavy atom. The number of nitrogens with one attached hydrogen (secondary N) is 3. The number of carbonyl (C=O) groups is 4. The summed E-state index contributed by atoms with van der Waals surface area (Å²) in [6, 6.07) is 9.23. The summed E-state index contributed by atoms with van der Waals surface area (Å²) >= 11 is 2.80. The molecule has 18 heterocycles. The number of esters is 4. The van der Waals surface area contributed by atoms with E-state index in [0.717, 1.165) is 22.1 Å². The molecular formula is C82H88N8O20S2. The van der Waals surface area contributed by atoms with Gasteiger partial charge >= 0.3 is 23.9 Å². The molecule has 30 heteroatoms. The number of aliphatic hydroxyl groups excluding tert-OH is 2. The number of hydrogen-bond donors (Lipinski definition) is 9. The van der Waals surface area contributed by atoms with E-state index < -0.39 is 124 Å². The summed E-state index contributed by atoms with van der Waals surface area (Å²) in [5, 5.41) is 71.4. The van der Waals surface area contributed by atoms with Gasteiger partial charge in [0.25, 0.3) is 6.29 Å². The number of hydrogen-bond acceptors (Lipinski definition) is 29. The van der Waals surface area contributed by atoms with Gasteiger partial charge in [-0.25, -0.2) is 9.59 Å². The Morgan fingerprint density at radius 3 is 2.05 bits per heavy atom. The van der Waals surface area contributed by atoms with E-state index in [4.69, 9.17) is 57.5 Å². The summed E-state index contributed by atoms with van der Waals surface area (Å²) in [6.07, 6.45) is 1.66. The highest BCUT2D eigenvalue weighted by molar-refractivity contribution is 7.99. The number of phenols is 1. The van der Waals surface area contributed by atoms with E-state index in [1.54, 1.807) is 6.92 Å². The average Bonchev–Trinajstić information content (AvgIpc) is 1.39. The number of allylic oxidation sites excluding steroid dienone is 2. The van der Waals surface area contributed by atoms with E-state index in [2.05, 4.69) is 31.5 Å². The molecule has 19 atom stereocenters. The Kier molecular flexibility index (Phi) is 16.4. The lowest BCUT2D eigenvalue weighted by Gasteiger charge is -2.61. The van der Waals surface area contributed by atoms with Crippen LogP contribution in [0.25, 0.3) is 21.9 Å². The monoisotopic (exact) mass is 1570 g/mol. The molecule has 10 N–H and O–H groups in total. The number of piperazine rings is 2. The molecule has 6 saturated heterocycles. The molecule has 0 radical (unpaired) electrons. The van der Waals surface area contributed by atoms with Crippen LogP contribution in [0.5, 0.6) is 46.0 Å². The smallest absolute Gasteiger partial charge is 0.335 e. The zero-order chi connectivity index (χ0) is 77.7. The van der Waals surface area contributed by atoms with E-state index in [-0.39, 0.29) is 110 Å². The second-order valence-electron chi connectivity index (χ2n) is 32.7. The number of aliphatic hydroxyl groups is 4. The van der Waals surface area contributed by atoms with Crippen LogP contribution in [0.1, 0.15) is 140 Å². The standard InChI is InChI=1S/C82H88N8O20S2/c1-33-18-39-22-79(98)28-87(7)58(51(39)62(94)64(33)100-9)60-72-56-54(70-68(104-32-105-70)35(3)66(56)106-37(5)92)48(89(60)79)26-102-77(96)81(30-111-72)74-46(20-41(24-83)85-81)53-44(15-13-16-47(53)84-74)76-109-69-36(4)67(107-38(6)93)57-55(71(69)110-76)49-27-103-78(97)82(75-45(21-42(25-91)86-82)43-14-11-12-17-50(43)108-75)31-112-73(57)61-59-52-40(19-34(2)65(101-10)63(52)95)23-80(99,90(49)61)29-88(59)8/h11-19,39,41-42,48-49,51,58-61,72-73,76,84-86,91,94-95,98-99H,20-32,83H2,1-10H3/t39?,41-,42+,48?,49?,51?,58+,59?,60-,61-,72-,73-,76?,79?,80?,81-,82-/m1/s1. The van der Waals surface area contributed by atoms with Gasteiger partial charge in [0.1, 0.15) is 53.3 Å². The lowest BCUT2D eigenvalue weighted by atomic mass is 9.73. The fourth-order valence-corrected chi connectivity index (χ4v) is 25.8. The molecule has 1 aliphatic carbocycles. The van der Waals surface area contributed by atoms with Crippen molar-refractivity contribution in [2.45, 2.75) is 155 Å². The van der Waals surface area contributed by atoms with E-state index in [9.17, 15) is 35.1 Å². The number of furan rings is 1.